The van der Waals surface area contributed by atoms with Crippen LogP contribution in [-0.2, 0) is 19.6 Å². The molecule has 2 aromatic rings. The highest BCUT2D eigenvalue weighted by molar-refractivity contribution is 7.89. The van der Waals surface area contributed by atoms with Crippen LogP contribution in [0.2, 0.25) is 0 Å². The molecule has 1 fully saturated rings. The molecule has 0 aromatic heterocycles. The molecular formula is C25H31N5O5S. The van der Waals surface area contributed by atoms with Gasteiger partial charge in [0.05, 0.1) is 4.90 Å². The summed E-state index contributed by atoms with van der Waals surface area (Å²) < 4.78 is 28.3. The van der Waals surface area contributed by atoms with Gasteiger partial charge in [0.25, 0.3) is 5.91 Å². The maximum absolute atomic E-state index is 13.5. The first-order valence-electron chi connectivity index (χ1n) is 11.7. The summed E-state index contributed by atoms with van der Waals surface area (Å²) in [6.07, 6.45) is 1.15. The van der Waals surface area contributed by atoms with Crippen molar-refractivity contribution >= 4 is 33.6 Å². The fourth-order valence-corrected chi connectivity index (χ4v) is 5.32. The number of amides is 3. The van der Waals surface area contributed by atoms with Crippen LogP contribution in [0.25, 0.3) is 0 Å². The first-order chi connectivity index (χ1) is 17.0. The van der Waals surface area contributed by atoms with Crippen LogP contribution in [0.15, 0.2) is 59.5 Å². The zero-order valence-corrected chi connectivity index (χ0v) is 21.0. The van der Waals surface area contributed by atoms with E-state index in [0.717, 1.165) is 0 Å². The highest BCUT2D eigenvalue weighted by atomic mass is 32.2. The average Bonchev–Trinajstić information content (AvgIpc) is 3.33. The van der Waals surface area contributed by atoms with Crippen molar-refractivity contribution in [3.63, 3.8) is 0 Å². The van der Waals surface area contributed by atoms with Crippen LogP contribution in [0.1, 0.15) is 49.0 Å². The lowest BCUT2D eigenvalue weighted by Gasteiger charge is -2.29. The van der Waals surface area contributed by atoms with E-state index in [1.807, 2.05) is 13.8 Å². The molecule has 2 aromatic carbocycles. The SMILES string of the molecule is CC(C)C[C@@H](NS(=O)(=O)c1ccccc1)C(=O)N1CCC[C@H]1C(=O)NC(=O)c1ccc(C(=N)N)cc1. The average molecular weight is 514 g/mol. The molecule has 2 atom stereocenters. The van der Waals surface area contributed by atoms with Crippen molar-refractivity contribution in [3.8, 4) is 0 Å². The normalized spacial score (nSPS) is 16.5. The minimum Gasteiger partial charge on any atom is -0.384 e. The van der Waals surface area contributed by atoms with Crippen molar-refractivity contribution in [1.82, 2.24) is 14.9 Å². The van der Waals surface area contributed by atoms with Gasteiger partial charge in [0.15, 0.2) is 0 Å². The third kappa shape index (κ3) is 6.55. The Morgan fingerprint density at radius 2 is 1.67 bits per heavy atom. The molecule has 11 heteroatoms. The summed E-state index contributed by atoms with van der Waals surface area (Å²) in [7, 11) is -3.96. The molecule has 1 aliphatic rings. The molecule has 1 aliphatic heterocycles. The van der Waals surface area contributed by atoms with Crippen molar-refractivity contribution < 1.29 is 22.8 Å². The molecule has 0 aliphatic carbocycles. The standard InChI is InChI=1S/C25H31N5O5S/c1-16(2)15-20(29-36(34,35)19-7-4-3-5-8-19)25(33)30-14-6-9-21(30)24(32)28-23(31)18-12-10-17(11-13-18)22(26)27/h3-5,7-8,10-13,16,20-21,29H,6,9,14-15H2,1-2H3,(H3,26,27)(H,28,31,32)/t20-,21+/m1/s1. The van der Waals surface area contributed by atoms with E-state index in [1.54, 1.807) is 18.2 Å². The number of sulfonamides is 1. The second-order valence-corrected chi connectivity index (χ2v) is 10.8. The van der Waals surface area contributed by atoms with Gasteiger partial charge in [0.1, 0.15) is 17.9 Å². The second kappa shape index (κ2) is 11.4. The molecule has 36 heavy (non-hydrogen) atoms. The molecule has 0 bridgehead atoms. The van der Waals surface area contributed by atoms with E-state index in [9.17, 15) is 22.8 Å². The molecule has 0 spiro atoms. The molecule has 0 saturated carbocycles. The molecule has 1 saturated heterocycles. The number of nitrogens with zero attached hydrogens (tertiary/aromatic N) is 1. The largest absolute Gasteiger partial charge is 0.384 e. The van der Waals surface area contributed by atoms with E-state index in [1.165, 1.54) is 41.3 Å². The smallest absolute Gasteiger partial charge is 0.257 e. The van der Waals surface area contributed by atoms with Crippen molar-refractivity contribution in [2.75, 3.05) is 6.54 Å². The van der Waals surface area contributed by atoms with Gasteiger partial charge in [0, 0.05) is 17.7 Å². The maximum Gasteiger partial charge on any atom is 0.257 e. The number of rotatable bonds is 9. The lowest BCUT2D eigenvalue weighted by molar-refractivity contribution is -0.139. The molecule has 0 radical (unpaired) electrons. The van der Waals surface area contributed by atoms with E-state index in [0.29, 0.717) is 18.4 Å². The lowest BCUT2D eigenvalue weighted by Crippen LogP contribution is -2.54. The summed E-state index contributed by atoms with van der Waals surface area (Å²) in [4.78, 5) is 40.4. The monoisotopic (exact) mass is 513 g/mol. The number of hydrogen-bond acceptors (Lipinski definition) is 6. The van der Waals surface area contributed by atoms with Crippen LogP contribution in [0, 0.1) is 11.3 Å². The number of nitrogens with two attached hydrogens (primary N) is 1. The number of carbonyl (C=O) groups excluding carboxylic acids is 3. The summed E-state index contributed by atoms with van der Waals surface area (Å²) in [6.45, 7) is 4.03. The van der Waals surface area contributed by atoms with Crippen molar-refractivity contribution in [2.24, 2.45) is 11.7 Å². The second-order valence-electron chi connectivity index (χ2n) is 9.12. The van der Waals surface area contributed by atoms with Gasteiger partial charge < -0.3 is 10.6 Å². The van der Waals surface area contributed by atoms with Crippen LogP contribution in [0.5, 0.6) is 0 Å². The highest BCUT2D eigenvalue weighted by Crippen LogP contribution is 2.22. The van der Waals surface area contributed by atoms with E-state index in [-0.39, 0.29) is 35.2 Å². The number of hydrogen-bond donors (Lipinski definition) is 4. The zero-order chi connectivity index (χ0) is 26.5. The van der Waals surface area contributed by atoms with Gasteiger partial charge in [-0.25, -0.2) is 8.42 Å². The van der Waals surface area contributed by atoms with Gasteiger partial charge in [0.2, 0.25) is 21.8 Å². The minimum absolute atomic E-state index is 0.00635. The molecule has 10 nitrogen and oxygen atoms in total. The molecule has 0 unspecified atom stereocenters. The summed E-state index contributed by atoms with van der Waals surface area (Å²) in [6, 6.07) is 11.7. The number of nitrogen functional groups attached to an aromatic ring is 1. The first-order valence-corrected chi connectivity index (χ1v) is 13.2. The van der Waals surface area contributed by atoms with Gasteiger partial charge in [-0.05, 0) is 49.4 Å². The third-order valence-electron chi connectivity index (χ3n) is 5.89. The van der Waals surface area contributed by atoms with Crippen LogP contribution in [0.3, 0.4) is 0 Å². The van der Waals surface area contributed by atoms with Gasteiger partial charge in [-0.2, -0.15) is 4.72 Å². The number of imide groups is 1. The van der Waals surface area contributed by atoms with Crippen molar-refractivity contribution in [1.29, 1.82) is 5.41 Å². The number of benzene rings is 2. The highest BCUT2D eigenvalue weighted by Gasteiger charge is 2.39. The molecule has 3 amide bonds. The lowest BCUT2D eigenvalue weighted by atomic mass is 10.0. The van der Waals surface area contributed by atoms with E-state index >= 15 is 0 Å². The summed E-state index contributed by atoms with van der Waals surface area (Å²) in [5, 5.41) is 9.76. The Morgan fingerprint density at radius 1 is 1.06 bits per heavy atom. The quantitative estimate of drug-likeness (QED) is 0.226. The first kappa shape index (κ1) is 27.0. The Hall–Kier alpha value is -3.57. The van der Waals surface area contributed by atoms with E-state index in [4.69, 9.17) is 11.1 Å². The van der Waals surface area contributed by atoms with Gasteiger partial charge in [-0.1, -0.05) is 44.2 Å². The van der Waals surface area contributed by atoms with Crippen LogP contribution in [0.4, 0.5) is 0 Å². The number of nitrogens with one attached hydrogen (secondary N) is 3. The molecule has 1 heterocycles. The maximum atomic E-state index is 13.5. The molecular weight excluding hydrogens is 482 g/mol. The van der Waals surface area contributed by atoms with Crippen LogP contribution >= 0.6 is 0 Å². The Morgan fingerprint density at radius 3 is 2.25 bits per heavy atom. The van der Waals surface area contributed by atoms with E-state index < -0.39 is 39.8 Å². The summed E-state index contributed by atoms with van der Waals surface area (Å²) >= 11 is 0. The fourth-order valence-electron chi connectivity index (χ4n) is 4.10. The predicted octanol–water partition coefficient (Wildman–Crippen LogP) is 1.61. The Bertz CT molecular complexity index is 1230. The molecule has 5 N–H and O–H groups in total. The molecule has 192 valence electrons. The van der Waals surface area contributed by atoms with Gasteiger partial charge in [-0.3, -0.25) is 25.1 Å². The summed E-state index contributed by atoms with van der Waals surface area (Å²) in [5.41, 5.74) is 6.07. The third-order valence-corrected chi connectivity index (χ3v) is 7.38. The number of carbonyl (C=O) groups is 3. The van der Waals surface area contributed by atoms with Gasteiger partial charge in [-0.15, -0.1) is 0 Å². The van der Waals surface area contributed by atoms with Crippen molar-refractivity contribution in [3.05, 3.63) is 65.7 Å². The number of amidine groups is 1. The van der Waals surface area contributed by atoms with Gasteiger partial charge >= 0.3 is 0 Å². The Balaban J connectivity index is 1.74. The topological polar surface area (TPSA) is 163 Å². The Labute approximate surface area is 210 Å². The fraction of sp³-hybridized carbons (Fsp3) is 0.360. The Kier molecular flexibility index (Phi) is 8.59. The van der Waals surface area contributed by atoms with E-state index in [2.05, 4.69) is 10.0 Å². The minimum atomic E-state index is -3.96. The van der Waals surface area contributed by atoms with Crippen molar-refractivity contribution in [2.45, 2.75) is 50.1 Å². The van der Waals surface area contributed by atoms with Crippen LogP contribution < -0.4 is 15.8 Å². The predicted molar refractivity (Wildman–Crippen MR) is 135 cm³/mol. The zero-order valence-electron chi connectivity index (χ0n) is 20.2. The van der Waals surface area contributed by atoms with Crippen LogP contribution in [-0.4, -0.2) is 55.5 Å². The summed E-state index contributed by atoms with van der Waals surface area (Å²) in [5.74, 6) is -1.91. The molecule has 3 rings (SSSR count). The number of likely N-dealkylation sites (tertiary alicyclic amines) is 1.